The summed E-state index contributed by atoms with van der Waals surface area (Å²) in [5.74, 6) is 2.11. The minimum atomic E-state index is -0.241. The van der Waals surface area contributed by atoms with E-state index in [9.17, 15) is 9.59 Å². The van der Waals surface area contributed by atoms with Crippen LogP contribution in [0, 0.1) is 0 Å². The molecule has 7 heteroatoms. The fourth-order valence-corrected chi connectivity index (χ4v) is 5.12. The van der Waals surface area contributed by atoms with E-state index in [0.29, 0.717) is 36.7 Å². The Balaban J connectivity index is 1.45. The smallest absolute Gasteiger partial charge is 0.253 e. The van der Waals surface area contributed by atoms with Crippen molar-refractivity contribution in [2.24, 2.45) is 0 Å². The van der Waals surface area contributed by atoms with Gasteiger partial charge in [0, 0.05) is 18.7 Å². The van der Waals surface area contributed by atoms with Crippen LogP contribution in [0.3, 0.4) is 0 Å². The number of hydrogen-bond acceptors (Lipinski definition) is 5. The molecule has 1 spiro atoms. The Morgan fingerprint density at radius 1 is 1.26 bits per heavy atom. The maximum Gasteiger partial charge on any atom is 0.253 e. The van der Waals surface area contributed by atoms with E-state index in [4.69, 9.17) is 9.15 Å². The summed E-state index contributed by atoms with van der Waals surface area (Å²) in [5.41, 5.74) is 0.632. The van der Waals surface area contributed by atoms with Crippen LogP contribution in [0.1, 0.15) is 29.0 Å². The van der Waals surface area contributed by atoms with Gasteiger partial charge in [-0.25, -0.2) is 0 Å². The van der Waals surface area contributed by atoms with Crippen molar-refractivity contribution in [3.8, 4) is 5.75 Å². The second-order valence-electron chi connectivity index (χ2n) is 6.82. The highest BCUT2D eigenvalue weighted by molar-refractivity contribution is 8.01. The lowest BCUT2D eigenvalue weighted by atomic mass is 10.0. The maximum atomic E-state index is 12.8. The van der Waals surface area contributed by atoms with E-state index >= 15 is 0 Å². The predicted molar refractivity (Wildman–Crippen MR) is 103 cm³/mol. The molecule has 2 saturated heterocycles. The number of nitrogens with zero attached hydrogens (tertiary/aromatic N) is 2. The molecule has 2 aliphatic heterocycles. The van der Waals surface area contributed by atoms with Crippen molar-refractivity contribution in [1.82, 2.24) is 9.80 Å². The molecule has 0 saturated carbocycles. The number of piperidine rings is 1. The lowest BCUT2D eigenvalue weighted by Crippen LogP contribution is -2.52. The number of thioether (sulfide) groups is 1. The zero-order chi connectivity index (χ0) is 18.9. The third-order valence-corrected chi connectivity index (χ3v) is 6.86. The Bertz CT molecular complexity index is 828. The van der Waals surface area contributed by atoms with Gasteiger partial charge in [-0.05, 0) is 43.2 Å². The second kappa shape index (κ2) is 7.31. The summed E-state index contributed by atoms with van der Waals surface area (Å²) in [6, 6.07) is 11.0. The molecule has 2 aliphatic rings. The molecule has 2 amide bonds. The molecule has 4 rings (SSSR count). The number of carbonyl (C=O) groups excluding carboxylic acids is 2. The van der Waals surface area contributed by atoms with Crippen LogP contribution in [0.5, 0.6) is 5.75 Å². The van der Waals surface area contributed by atoms with Gasteiger partial charge < -0.3 is 19.0 Å². The van der Waals surface area contributed by atoms with Gasteiger partial charge in [0.05, 0.1) is 30.5 Å². The van der Waals surface area contributed by atoms with Crippen molar-refractivity contribution in [3.63, 3.8) is 0 Å². The number of rotatable bonds is 4. The van der Waals surface area contributed by atoms with Crippen molar-refractivity contribution < 1.29 is 18.7 Å². The van der Waals surface area contributed by atoms with E-state index in [0.717, 1.165) is 18.6 Å². The predicted octanol–water partition coefficient (Wildman–Crippen LogP) is 3.00. The molecule has 0 aliphatic carbocycles. The summed E-state index contributed by atoms with van der Waals surface area (Å²) >= 11 is 1.70. The first-order valence-corrected chi connectivity index (χ1v) is 10.00. The van der Waals surface area contributed by atoms with Gasteiger partial charge in [-0.2, -0.15) is 0 Å². The number of likely N-dealkylation sites (tertiary alicyclic amines) is 1. The van der Waals surface area contributed by atoms with Crippen LogP contribution >= 0.6 is 11.8 Å². The number of benzene rings is 1. The number of carbonyl (C=O) groups is 2. The topological polar surface area (TPSA) is 63.0 Å². The van der Waals surface area contributed by atoms with E-state index in [2.05, 4.69) is 0 Å². The minimum Gasteiger partial charge on any atom is -0.497 e. The first-order valence-electron chi connectivity index (χ1n) is 9.01. The first-order chi connectivity index (χ1) is 13.1. The molecule has 27 heavy (non-hydrogen) atoms. The fraction of sp³-hybridized carbons (Fsp3) is 0.400. The van der Waals surface area contributed by atoms with Crippen LogP contribution in [0.15, 0.2) is 47.1 Å². The summed E-state index contributed by atoms with van der Waals surface area (Å²) < 4.78 is 10.7. The monoisotopic (exact) mass is 386 g/mol. The van der Waals surface area contributed by atoms with Gasteiger partial charge in [-0.15, -0.1) is 11.8 Å². The average Bonchev–Trinajstić information content (AvgIpc) is 3.33. The standard InChI is InChI=1S/C20H22N2O4S/c1-25-16-5-2-4-15(12-16)19(24)21-9-7-20(8-10-21)22(18(23)14-27-20)13-17-6-3-11-26-17/h2-6,11-12H,7-10,13-14H2,1H3. The minimum absolute atomic E-state index is 0.00987. The Labute approximate surface area is 162 Å². The van der Waals surface area contributed by atoms with Gasteiger partial charge in [0.25, 0.3) is 5.91 Å². The molecule has 0 radical (unpaired) electrons. The molecular formula is C20H22N2O4S. The van der Waals surface area contributed by atoms with Gasteiger partial charge in [-0.3, -0.25) is 9.59 Å². The van der Waals surface area contributed by atoms with E-state index < -0.39 is 0 Å². The van der Waals surface area contributed by atoms with Gasteiger partial charge >= 0.3 is 0 Å². The molecule has 6 nitrogen and oxygen atoms in total. The SMILES string of the molecule is COc1cccc(C(=O)N2CCC3(CC2)SCC(=O)N3Cc2ccco2)c1. The van der Waals surface area contributed by atoms with Crippen LogP contribution in [-0.4, -0.2) is 52.4 Å². The zero-order valence-electron chi connectivity index (χ0n) is 15.2. The molecule has 2 fully saturated rings. The Hall–Kier alpha value is -2.41. The highest BCUT2D eigenvalue weighted by atomic mass is 32.2. The molecule has 2 aromatic rings. The molecule has 0 atom stereocenters. The van der Waals surface area contributed by atoms with Crippen molar-refractivity contribution in [3.05, 3.63) is 54.0 Å². The molecule has 0 N–H and O–H groups in total. The lowest BCUT2D eigenvalue weighted by Gasteiger charge is -2.43. The summed E-state index contributed by atoms with van der Waals surface area (Å²) in [6.07, 6.45) is 3.16. The Morgan fingerprint density at radius 2 is 2.07 bits per heavy atom. The molecule has 3 heterocycles. The summed E-state index contributed by atoms with van der Waals surface area (Å²) in [5, 5.41) is 0. The van der Waals surface area contributed by atoms with Crippen molar-refractivity contribution in [2.75, 3.05) is 26.0 Å². The molecule has 0 bridgehead atoms. The van der Waals surface area contributed by atoms with Crippen LogP contribution in [0.4, 0.5) is 0 Å². The number of furan rings is 1. The highest BCUT2D eigenvalue weighted by Crippen LogP contribution is 2.45. The van der Waals surface area contributed by atoms with Gasteiger partial charge in [-0.1, -0.05) is 6.07 Å². The third-order valence-electron chi connectivity index (χ3n) is 5.30. The lowest BCUT2D eigenvalue weighted by molar-refractivity contribution is -0.132. The third kappa shape index (κ3) is 3.43. The average molecular weight is 386 g/mol. The summed E-state index contributed by atoms with van der Waals surface area (Å²) in [4.78, 5) is 28.9. The Kier molecular flexibility index (Phi) is 4.86. The van der Waals surface area contributed by atoms with E-state index in [1.54, 1.807) is 31.2 Å². The molecular weight excluding hydrogens is 364 g/mol. The fourth-order valence-electron chi connectivity index (χ4n) is 3.78. The van der Waals surface area contributed by atoms with E-state index in [1.807, 2.05) is 40.1 Å². The van der Waals surface area contributed by atoms with Crippen molar-refractivity contribution in [2.45, 2.75) is 24.3 Å². The van der Waals surface area contributed by atoms with E-state index in [1.165, 1.54) is 0 Å². The molecule has 1 aromatic carbocycles. The largest absolute Gasteiger partial charge is 0.497 e. The molecule has 142 valence electrons. The number of ether oxygens (including phenoxy) is 1. The van der Waals surface area contributed by atoms with Gasteiger partial charge in [0.2, 0.25) is 5.91 Å². The van der Waals surface area contributed by atoms with Crippen molar-refractivity contribution >= 4 is 23.6 Å². The normalized spacial score (nSPS) is 18.9. The number of hydrogen-bond donors (Lipinski definition) is 0. The first kappa shape index (κ1) is 18.0. The number of methoxy groups -OCH3 is 1. The van der Waals surface area contributed by atoms with Crippen LogP contribution in [0.2, 0.25) is 0 Å². The molecule has 0 unspecified atom stereocenters. The quantitative estimate of drug-likeness (QED) is 0.808. The Morgan fingerprint density at radius 3 is 2.78 bits per heavy atom. The molecule has 1 aromatic heterocycles. The highest BCUT2D eigenvalue weighted by Gasteiger charge is 2.48. The zero-order valence-corrected chi connectivity index (χ0v) is 16.0. The van der Waals surface area contributed by atoms with Crippen LogP contribution in [0.25, 0.3) is 0 Å². The second-order valence-corrected chi connectivity index (χ2v) is 8.16. The van der Waals surface area contributed by atoms with Gasteiger partial charge in [0.1, 0.15) is 11.5 Å². The van der Waals surface area contributed by atoms with Crippen molar-refractivity contribution in [1.29, 1.82) is 0 Å². The van der Waals surface area contributed by atoms with Gasteiger partial charge in [0.15, 0.2) is 0 Å². The summed E-state index contributed by atoms with van der Waals surface area (Å²) in [7, 11) is 1.59. The number of amides is 2. The van der Waals surface area contributed by atoms with E-state index in [-0.39, 0.29) is 16.7 Å². The van der Waals surface area contributed by atoms with Crippen LogP contribution in [-0.2, 0) is 11.3 Å². The maximum absolute atomic E-state index is 12.8. The van der Waals surface area contributed by atoms with Crippen LogP contribution < -0.4 is 4.74 Å². The summed E-state index contributed by atoms with van der Waals surface area (Å²) in [6.45, 7) is 1.75.